The van der Waals surface area contributed by atoms with Crippen molar-refractivity contribution < 1.29 is 14.7 Å². The number of aryl methyl sites for hydroxylation is 1. The minimum absolute atomic E-state index is 0.367. The molecule has 8 nitrogen and oxygen atoms in total. The highest BCUT2D eigenvalue weighted by Gasteiger charge is 2.21. The summed E-state index contributed by atoms with van der Waals surface area (Å²) in [5.41, 5.74) is 2.98. The number of rotatable bonds is 4. The van der Waals surface area contributed by atoms with E-state index in [9.17, 15) is 9.59 Å². The second-order valence-electron chi connectivity index (χ2n) is 6.62. The molecule has 28 heavy (non-hydrogen) atoms. The predicted octanol–water partition coefficient (Wildman–Crippen LogP) is 3.48. The first-order valence-electron chi connectivity index (χ1n) is 8.90. The van der Waals surface area contributed by atoms with E-state index < -0.39 is 6.09 Å². The van der Waals surface area contributed by atoms with Crippen LogP contribution in [0.15, 0.2) is 36.5 Å². The molecule has 1 aliphatic rings. The molecule has 1 aromatic carbocycles. The lowest BCUT2D eigenvalue weighted by Crippen LogP contribution is -2.47. The van der Waals surface area contributed by atoms with Crippen molar-refractivity contribution in [2.24, 2.45) is 0 Å². The number of anilines is 2. The zero-order chi connectivity index (χ0) is 20.1. The van der Waals surface area contributed by atoms with E-state index in [1.54, 1.807) is 24.4 Å². The smallest absolute Gasteiger partial charge is 0.407 e. The Bertz CT molecular complexity index is 851. The number of hydrogen-bond donors (Lipinski definition) is 3. The van der Waals surface area contributed by atoms with Gasteiger partial charge in [-0.2, -0.15) is 0 Å². The summed E-state index contributed by atoms with van der Waals surface area (Å²) in [6, 6.07) is 8.55. The Kier molecular flexibility index (Phi) is 6.33. The molecule has 9 heteroatoms. The molecule has 1 fully saturated rings. The molecule has 1 saturated heterocycles. The van der Waals surface area contributed by atoms with E-state index in [1.165, 1.54) is 4.90 Å². The molecule has 1 aromatic heterocycles. The minimum Gasteiger partial charge on any atom is -0.465 e. The topological polar surface area (TPSA) is 97.8 Å². The lowest BCUT2D eigenvalue weighted by molar-refractivity contribution is 0.103. The number of pyridine rings is 1. The predicted molar refractivity (Wildman–Crippen MR) is 108 cm³/mol. The summed E-state index contributed by atoms with van der Waals surface area (Å²) in [5, 5.41) is 15.2. The van der Waals surface area contributed by atoms with Crippen LogP contribution in [-0.4, -0.2) is 58.2 Å². The number of amides is 3. The Morgan fingerprint density at radius 1 is 1.11 bits per heavy atom. The molecule has 0 radical (unpaired) electrons. The fraction of sp³-hybridized carbons (Fsp3) is 0.316. The first-order valence-corrected chi connectivity index (χ1v) is 9.28. The molecule has 0 bridgehead atoms. The van der Waals surface area contributed by atoms with Crippen molar-refractivity contribution in [2.45, 2.75) is 13.5 Å². The number of halogens is 1. The third-order valence-corrected chi connectivity index (χ3v) is 4.88. The monoisotopic (exact) mass is 403 g/mol. The van der Waals surface area contributed by atoms with Crippen molar-refractivity contribution in [2.75, 3.05) is 36.8 Å². The largest absolute Gasteiger partial charge is 0.465 e. The van der Waals surface area contributed by atoms with E-state index in [-0.39, 0.29) is 6.03 Å². The van der Waals surface area contributed by atoms with Crippen LogP contribution in [0.2, 0.25) is 5.02 Å². The van der Waals surface area contributed by atoms with E-state index in [0.29, 0.717) is 49.1 Å². The molecule has 3 rings (SSSR count). The molecule has 0 saturated carbocycles. The van der Waals surface area contributed by atoms with Crippen LogP contribution < -0.4 is 10.6 Å². The molecule has 148 valence electrons. The van der Waals surface area contributed by atoms with Gasteiger partial charge in [0.1, 0.15) is 0 Å². The lowest BCUT2D eigenvalue weighted by Gasteiger charge is -2.33. The van der Waals surface area contributed by atoms with Crippen molar-refractivity contribution in [3.8, 4) is 0 Å². The maximum absolute atomic E-state index is 12.2. The summed E-state index contributed by atoms with van der Waals surface area (Å²) >= 11 is 6.31. The molecule has 0 atom stereocenters. The van der Waals surface area contributed by atoms with Crippen molar-refractivity contribution in [1.29, 1.82) is 0 Å². The van der Waals surface area contributed by atoms with Crippen LogP contribution in [-0.2, 0) is 6.54 Å². The SMILES string of the molecule is Cc1ccc(NC(=O)Nc2ccc(Cl)c(CN3CCN(C(=O)O)CC3)c2)cn1. The van der Waals surface area contributed by atoms with Crippen LogP contribution in [0.5, 0.6) is 0 Å². The lowest BCUT2D eigenvalue weighted by atomic mass is 10.1. The van der Waals surface area contributed by atoms with Gasteiger partial charge in [0.2, 0.25) is 0 Å². The maximum atomic E-state index is 12.2. The zero-order valence-corrected chi connectivity index (χ0v) is 16.2. The fourth-order valence-electron chi connectivity index (χ4n) is 2.95. The minimum atomic E-state index is -0.890. The molecule has 1 aliphatic heterocycles. The number of aromatic nitrogens is 1. The highest BCUT2D eigenvalue weighted by atomic mass is 35.5. The van der Waals surface area contributed by atoms with Gasteiger partial charge in [-0.1, -0.05) is 11.6 Å². The number of carboxylic acid groups (broad SMARTS) is 1. The average Bonchev–Trinajstić information content (AvgIpc) is 2.67. The van der Waals surface area contributed by atoms with Crippen LogP contribution in [0.1, 0.15) is 11.3 Å². The van der Waals surface area contributed by atoms with Crippen molar-refractivity contribution >= 4 is 35.1 Å². The molecule has 2 aromatic rings. The normalized spacial score (nSPS) is 14.6. The molecule has 3 N–H and O–H groups in total. The summed E-state index contributed by atoms with van der Waals surface area (Å²) in [6.45, 7) is 4.68. The number of piperazine rings is 1. The first kappa shape index (κ1) is 19.9. The number of benzene rings is 1. The Morgan fingerprint density at radius 3 is 2.43 bits per heavy atom. The molecule has 2 heterocycles. The highest BCUT2D eigenvalue weighted by molar-refractivity contribution is 6.31. The standard InChI is InChI=1S/C19H22ClN5O3/c1-13-2-3-16(11-21-13)23-18(26)22-15-4-5-17(20)14(10-15)12-24-6-8-25(9-7-24)19(27)28/h2-5,10-11H,6-9,12H2,1H3,(H,27,28)(H2,22,23,26). The van der Waals surface area contributed by atoms with Gasteiger partial charge in [0.15, 0.2) is 0 Å². The summed E-state index contributed by atoms with van der Waals surface area (Å²) in [7, 11) is 0. The van der Waals surface area contributed by atoms with E-state index in [2.05, 4.69) is 20.5 Å². The quantitative estimate of drug-likeness (QED) is 0.726. The molecule has 3 amide bonds. The molecule has 0 aliphatic carbocycles. The van der Waals surface area contributed by atoms with Gasteiger partial charge in [0.05, 0.1) is 11.9 Å². The molecular formula is C19H22ClN5O3. The van der Waals surface area contributed by atoms with Gasteiger partial charge in [-0.25, -0.2) is 9.59 Å². The zero-order valence-electron chi connectivity index (χ0n) is 15.5. The molecular weight excluding hydrogens is 382 g/mol. The highest BCUT2D eigenvalue weighted by Crippen LogP contribution is 2.23. The van der Waals surface area contributed by atoms with Gasteiger partial charge in [0, 0.05) is 49.1 Å². The van der Waals surface area contributed by atoms with Crippen molar-refractivity contribution in [1.82, 2.24) is 14.8 Å². The van der Waals surface area contributed by atoms with E-state index in [0.717, 1.165) is 11.3 Å². The average molecular weight is 404 g/mol. The van der Waals surface area contributed by atoms with E-state index in [1.807, 2.05) is 19.1 Å². The number of nitrogens with zero attached hydrogens (tertiary/aromatic N) is 3. The van der Waals surface area contributed by atoms with Crippen LogP contribution in [0.3, 0.4) is 0 Å². The summed E-state index contributed by atoms with van der Waals surface area (Å²) in [5.74, 6) is 0. The Hall–Kier alpha value is -2.84. The maximum Gasteiger partial charge on any atom is 0.407 e. The van der Waals surface area contributed by atoms with Gasteiger partial charge < -0.3 is 20.6 Å². The van der Waals surface area contributed by atoms with E-state index >= 15 is 0 Å². The summed E-state index contributed by atoms with van der Waals surface area (Å²) < 4.78 is 0. The Balaban J connectivity index is 1.59. The van der Waals surface area contributed by atoms with Gasteiger partial charge >= 0.3 is 12.1 Å². The first-order chi connectivity index (χ1) is 13.4. The third kappa shape index (κ3) is 5.34. The van der Waals surface area contributed by atoms with Crippen LogP contribution in [0.4, 0.5) is 21.0 Å². The molecule has 0 spiro atoms. The Labute approximate surface area is 168 Å². The molecule has 0 unspecified atom stereocenters. The number of nitrogens with one attached hydrogen (secondary N) is 2. The summed E-state index contributed by atoms with van der Waals surface area (Å²) in [6.07, 6.45) is 0.706. The van der Waals surface area contributed by atoms with Gasteiger partial charge in [0.25, 0.3) is 0 Å². The van der Waals surface area contributed by atoms with Crippen LogP contribution in [0, 0.1) is 6.92 Å². The Morgan fingerprint density at radius 2 is 1.79 bits per heavy atom. The van der Waals surface area contributed by atoms with Crippen LogP contribution >= 0.6 is 11.6 Å². The van der Waals surface area contributed by atoms with Crippen molar-refractivity contribution in [3.63, 3.8) is 0 Å². The van der Waals surface area contributed by atoms with Gasteiger partial charge in [-0.05, 0) is 42.8 Å². The van der Waals surface area contributed by atoms with Crippen molar-refractivity contribution in [3.05, 3.63) is 52.8 Å². The second kappa shape index (κ2) is 8.90. The van der Waals surface area contributed by atoms with Gasteiger partial charge in [-0.3, -0.25) is 9.88 Å². The number of carbonyl (C=O) groups is 2. The summed E-state index contributed by atoms with van der Waals surface area (Å²) in [4.78, 5) is 30.9. The second-order valence-corrected chi connectivity index (χ2v) is 7.03. The number of hydrogen-bond acceptors (Lipinski definition) is 4. The van der Waals surface area contributed by atoms with E-state index in [4.69, 9.17) is 16.7 Å². The third-order valence-electron chi connectivity index (χ3n) is 4.51. The number of carbonyl (C=O) groups excluding carboxylic acids is 1. The van der Waals surface area contributed by atoms with Gasteiger partial charge in [-0.15, -0.1) is 0 Å². The fourth-order valence-corrected chi connectivity index (χ4v) is 3.12. The van der Waals surface area contributed by atoms with Crippen LogP contribution in [0.25, 0.3) is 0 Å². The number of urea groups is 1.